The molecule has 2 aromatic rings. The van der Waals surface area contributed by atoms with E-state index in [1.165, 1.54) is 5.01 Å². The van der Waals surface area contributed by atoms with Crippen LogP contribution in [0.2, 0.25) is 0 Å². The summed E-state index contributed by atoms with van der Waals surface area (Å²) in [5.41, 5.74) is 2.63. The molecule has 4 nitrogen and oxygen atoms in total. The highest BCUT2D eigenvalue weighted by Crippen LogP contribution is 2.39. The lowest BCUT2D eigenvalue weighted by atomic mass is 9.90. The van der Waals surface area contributed by atoms with Crippen molar-refractivity contribution >= 4 is 23.1 Å². The molecule has 1 amide bonds. The summed E-state index contributed by atoms with van der Waals surface area (Å²) in [5, 5.41) is 6.07. The minimum Gasteiger partial charge on any atom is -0.486 e. The van der Waals surface area contributed by atoms with Crippen LogP contribution in [0.5, 0.6) is 0 Å². The van der Waals surface area contributed by atoms with Crippen LogP contribution in [-0.2, 0) is 9.53 Å². The molecule has 2 aliphatic heterocycles. The van der Waals surface area contributed by atoms with Gasteiger partial charge >= 0.3 is 0 Å². The Bertz CT molecular complexity index is 852. The average Bonchev–Trinajstić information content (AvgIpc) is 2.91. The van der Waals surface area contributed by atoms with Crippen molar-refractivity contribution in [1.29, 1.82) is 0 Å². The zero-order valence-corrected chi connectivity index (χ0v) is 13.7. The summed E-state index contributed by atoms with van der Waals surface area (Å²) in [5.74, 6) is 0.486. The highest BCUT2D eigenvalue weighted by Gasteiger charge is 2.42. The number of ether oxygens (including phenoxy) is 1. The summed E-state index contributed by atoms with van der Waals surface area (Å²) in [6.45, 7) is 4.04. The van der Waals surface area contributed by atoms with Gasteiger partial charge in [0.2, 0.25) is 0 Å². The molecule has 0 unspecified atom stereocenters. The molecule has 0 fully saturated rings. The molecule has 4 heteroatoms. The maximum absolute atomic E-state index is 13.0. The van der Waals surface area contributed by atoms with Gasteiger partial charge in [0.15, 0.2) is 0 Å². The Balaban J connectivity index is 1.86. The van der Waals surface area contributed by atoms with Gasteiger partial charge < -0.3 is 4.74 Å². The van der Waals surface area contributed by atoms with Crippen molar-refractivity contribution in [3.63, 3.8) is 0 Å². The molecule has 0 saturated heterocycles. The van der Waals surface area contributed by atoms with Crippen molar-refractivity contribution in [2.24, 2.45) is 5.10 Å². The van der Waals surface area contributed by atoms with Crippen LogP contribution in [-0.4, -0.2) is 17.2 Å². The third-order valence-electron chi connectivity index (χ3n) is 4.15. The van der Waals surface area contributed by atoms with Crippen LogP contribution in [0.4, 0.5) is 5.69 Å². The van der Waals surface area contributed by atoms with Crippen LogP contribution in [0.25, 0.3) is 5.76 Å². The number of carbonyl (C=O) groups is 1. The molecule has 0 spiro atoms. The predicted molar refractivity (Wildman–Crippen MR) is 94.5 cm³/mol. The topological polar surface area (TPSA) is 41.9 Å². The predicted octanol–water partition coefficient (Wildman–Crippen LogP) is 4.00. The fourth-order valence-corrected chi connectivity index (χ4v) is 3.10. The van der Waals surface area contributed by atoms with E-state index >= 15 is 0 Å². The van der Waals surface area contributed by atoms with E-state index in [9.17, 15) is 4.79 Å². The minimum atomic E-state index is -0.402. The Labute approximate surface area is 141 Å². The van der Waals surface area contributed by atoms with Crippen molar-refractivity contribution in [1.82, 2.24) is 0 Å². The van der Waals surface area contributed by atoms with Crippen LogP contribution in [0.1, 0.15) is 25.8 Å². The molecule has 0 aromatic heterocycles. The minimum absolute atomic E-state index is 0.134. The fourth-order valence-electron chi connectivity index (χ4n) is 3.10. The number of anilines is 1. The molecule has 0 atom stereocenters. The van der Waals surface area contributed by atoms with Gasteiger partial charge in [0.1, 0.15) is 16.9 Å². The third-order valence-corrected chi connectivity index (χ3v) is 4.15. The summed E-state index contributed by atoms with van der Waals surface area (Å²) in [6, 6.07) is 19.2. The lowest BCUT2D eigenvalue weighted by molar-refractivity contribution is -0.114. The number of nitrogens with zero attached hydrogens (tertiary/aromatic N) is 2. The summed E-state index contributed by atoms with van der Waals surface area (Å²) in [6.07, 6.45) is 0.605. The number of benzene rings is 2. The summed E-state index contributed by atoms with van der Waals surface area (Å²) >= 11 is 0. The second-order valence-electron chi connectivity index (χ2n) is 6.61. The number of fused-ring (bicyclic) bond motifs is 1. The van der Waals surface area contributed by atoms with Gasteiger partial charge in [0.05, 0.1) is 11.4 Å². The van der Waals surface area contributed by atoms with Crippen LogP contribution >= 0.6 is 0 Å². The van der Waals surface area contributed by atoms with Gasteiger partial charge in [-0.15, -0.1) is 0 Å². The molecular weight excluding hydrogens is 300 g/mol. The van der Waals surface area contributed by atoms with E-state index in [0.717, 1.165) is 17.0 Å². The molecule has 120 valence electrons. The number of hydrogen-bond acceptors (Lipinski definition) is 3. The number of para-hydroxylation sites is 1. The summed E-state index contributed by atoms with van der Waals surface area (Å²) in [7, 11) is 0. The first-order valence-corrected chi connectivity index (χ1v) is 8.01. The van der Waals surface area contributed by atoms with Crippen LogP contribution < -0.4 is 5.01 Å². The van der Waals surface area contributed by atoms with E-state index in [0.29, 0.717) is 17.8 Å². The van der Waals surface area contributed by atoms with Crippen LogP contribution in [0, 0.1) is 0 Å². The quantitative estimate of drug-likeness (QED) is 0.840. The van der Waals surface area contributed by atoms with E-state index in [2.05, 4.69) is 5.10 Å². The third kappa shape index (κ3) is 2.40. The van der Waals surface area contributed by atoms with E-state index in [1.54, 1.807) is 0 Å². The fraction of sp³-hybridized carbons (Fsp3) is 0.200. The van der Waals surface area contributed by atoms with Gasteiger partial charge in [-0.2, -0.15) is 10.1 Å². The Morgan fingerprint density at radius 2 is 1.62 bits per heavy atom. The average molecular weight is 318 g/mol. The smallest absolute Gasteiger partial charge is 0.284 e. The molecule has 0 radical (unpaired) electrons. The molecular formula is C20H18N2O2. The standard InChI is InChI=1S/C20H18N2O2/c1-20(2)13-16-17(18(24-20)14-9-5-3-6-10-14)19(23)22(21-16)15-11-7-4-8-12-15/h3-12H,13H2,1-2H3. The van der Waals surface area contributed by atoms with Crippen molar-refractivity contribution in [3.8, 4) is 0 Å². The van der Waals surface area contributed by atoms with E-state index < -0.39 is 5.60 Å². The summed E-state index contributed by atoms with van der Waals surface area (Å²) in [4.78, 5) is 13.0. The summed E-state index contributed by atoms with van der Waals surface area (Å²) < 4.78 is 6.18. The van der Waals surface area contributed by atoms with Crippen LogP contribution in [0.15, 0.2) is 71.3 Å². The van der Waals surface area contributed by atoms with Gasteiger partial charge in [0, 0.05) is 12.0 Å². The Hall–Kier alpha value is -2.88. The Morgan fingerprint density at radius 1 is 1.00 bits per heavy atom. The molecule has 2 aliphatic rings. The zero-order valence-electron chi connectivity index (χ0n) is 13.7. The molecule has 0 saturated carbocycles. The number of amides is 1. The molecule has 0 N–H and O–H groups in total. The first-order chi connectivity index (χ1) is 11.6. The van der Waals surface area contributed by atoms with E-state index in [4.69, 9.17) is 4.74 Å². The molecule has 0 bridgehead atoms. The van der Waals surface area contributed by atoms with Gasteiger partial charge in [-0.05, 0) is 26.0 Å². The number of carbonyl (C=O) groups excluding carboxylic acids is 1. The number of rotatable bonds is 2. The molecule has 4 rings (SSSR count). The van der Waals surface area contributed by atoms with Crippen molar-refractivity contribution in [3.05, 3.63) is 71.8 Å². The molecule has 0 aliphatic carbocycles. The monoisotopic (exact) mass is 318 g/mol. The van der Waals surface area contributed by atoms with Gasteiger partial charge in [-0.1, -0.05) is 48.5 Å². The second kappa shape index (κ2) is 5.34. The molecule has 2 heterocycles. The SMILES string of the molecule is CC1(C)CC2=NN(c3ccccc3)C(=O)C2=C(c2ccccc2)O1. The lowest BCUT2D eigenvalue weighted by Gasteiger charge is -2.32. The van der Waals surface area contributed by atoms with Gasteiger partial charge in [-0.25, -0.2) is 0 Å². The zero-order chi connectivity index (χ0) is 16.7. The molecule has 2 aromatic carbocycles. The van der Waals surface area contributed by atoms with E-state index in [-0.39, 0.29) is 5.91 Å². The van der Waals surface area contributed by atoms with Crippen molar-refractivity contribution < 1.29 is 9.53 Å². The number of hydrogen-bond donors (Lipinski definition) is 0. The Kier molecular flexibility index (Phi) is 3.27. The van der Waals surface area contributed by atoms with Crippen molar-refractivity contribution in [2.45, 2.75) is 25.9 Å². The first kappa shape index (κ1) is 14.7. The second-order valence-corrected chi connectivity index (χ2v) is 6.61. The highest BCUT2D eigenvalue weighted by molar-refractivity contribution is 6.34. The maximum Gasteiger partial charge on any atom is 0.284 e. The normalized spacial score (nSPS) is 19.0. The lowest BCUT2D eigenvalue weighted by Crippen LogP contribution is -2.34. The first-order valence-electron chi connectivity index (χ1n) is 8.01. The van der Waals surface area contributed by atoms with Gasteiger partial charge in [0.25, 0.3) is 5.91 Å². The maximum atomic E-state index is 13.0. The number of hydrazone groups is 1. The Morgan fingerprint density at radius 3 is 2.29 bits per heavy atom. The van der Waals surface area contributed by atoms with Crippen LogP contribution in [0.3, 0.4) is 0 Å². The molecule has 24 heavy (non-hydrogen) atoms. The van der Waals surface area contributed by atoms with Gasteiger partial charge in [-0.3, -0.25) is 4.79 Å². The largest absolute Gasteiger partial charge is 0.486 e. The highest BCUT2D eigenvalue weighted by atomic mass is 16.5. The van der Waals surface area contributed by atoms with E-state index in [1.807, 2.05) is 74.5 Å². The van der Waals surface area contributed by atoms with Crippen molar-refractivity contribution in [2.75, 3.05) is 5.01 Å².